The highest BCUT2D eigenvalue weighted by Crippen LogP contribution is 2.14. The number of nitrogens with one attached hydrogen (secondary N) is 1. The molecule has 0 fully saturated rings. The number of amides is 1. The summed E-state index contributed by atoms with van der Waals surface area (Å²) in [7, 11) is 1.28. The van der Waals surface area contributed by atoms with Crippen LogP contribution in [-0.2, 0) is 20.7 Å². The van der Waals surface area contributed by atoms with Gasteiger partial charge in [-0.25, -0.2) is 4.79 Å². The molecule has 5 heteroatoms. The maximum Gasteiger partial charge on any atom is 0.328 e. The van der Waals surface area contributed by atoms with Crippen LogP contribution >= 0.6 is 0 Å². The van der Waals surface area contributed by atoms with E-state index in [1.165, 1.54) is 12.7 Å². The summed E-state index contributed by atoms with van der Waals surface area (Å²) in [6.45, 7) is 0. The molecule has 2 rings (SSSR count). The van der Waals surface area contributed by atoms with Crippen molar-refractivity contribution < 1.29 is 19.4 Å². The number of aliphatic hydroxyl groups is 1. The zero-order valence-corrected chi connectivity index (χ0v) is 14.2. The standard InChI is InChI=1S/C20H23NO4/c1-25-20(24)17(14-8-11-15-9-4-2-5-10-15)21-19(23)18(22)16-12-6-3-7-13-16/h2-7,9-10,12-13,17-18,22H,8,11,14H2,1H3,(H,21,23)/t17-,18-/m0/s1. The van der Waals surface area contributed by atoms with Gasteiger partial charge in [-0.1, -0.05) is 60.7 Å². The Morgan fingerprint density at radius 1 is 1.04 bits per heavy atom. The summed E-state index contributed by atoms with van der Waals surface area (Å²) in [4.78, 5) is 24.2. The first-order valence-electron chi connectivity index (χ1n) is 8.27. The summed E-state index contributed by atoms with van der Waals surface area (Å²) in [5.74, 6) is -1.12. The van der Waals surface area contributed by atoms with Crippen LogP contribution < -0.4 is 5.32 Å². The Morgan fingerprint density at radius 3 is 2.24 bits per heavy atom. The van der Waals surface area contributed by atoms with E-state index >= 15 is 0 Å². The molecule has 0 aliphatic heterocycles. The normalized spacial score (nSPS) is 12.9. The molecule has 0 radical (unpaired) electrons. The zero-order chi connectivity index (χ0) is 18.1. The molecule has 2 aromatic rings. The van der Waals surface area contributed by atoms with Gasteiger partial charge in [0.2, 0.25) is 0 Å². The quantitative estimate of drug-likeness (QED) is 0.723. The van der Waals surface area contributed by atoms with Gasteiger partial charge in [0.25, 0.3) is 5.91 Å². The van der Waals surface area contributed by atoms with Gasteiger partial charge in [0.05, 0.1) is 7.11 Å². The van der Waals surface area contributed by atoms with Crippen molar-refractivity contribution in [1.82, 2.24) is 5.32 Å². The number of aryl methyl sites for hydroxylation is 1. The van der Waals surface area contributed by atoms with Crippen molar-refractivity contribution in [2.75, 3.05) is 7.11 Å². The molecule has 0 saturated carbocycles. The predicted octanol–water partition coefficient (Wildman–Crippen LogP) is 2.40. The highest BCUT2D eigenvalue weighted by molar-refractivity contribution is 5.87. The fourth-order valence-corrected chi connectivity index (χ4v) is 2.58. The zero-order valence-electron chi connectivity index (χ0n) is 14.2. The Labute approximate surface area is 147 Å². The molecule has 0 unspecified atom stereocenters. The van der Waals surface area contributed by atoms with Crippen molar-refractivity contribution in [2.45, 2.75) is 31.4 Å². The van der Waals surface area contributed by atoms with Gasteiger partial charge in [0.15, 0.2) is 6.10 Å². The minimum atomic E-state index is -1.32. The predicted molar refractivity (Wildman–Crippen MR) is 94.7 cm³/mol. The molecule has 1 amide bonds. The van der Waals surface area contributed by atoms with Crippen LogP contribution in [0.3, 0.4) is 0 Å². The van der Waals surface area contributed by atoms with Crippen LogP contribution in [0.25, 0.3) is 0 Å². The highest BCUT2D eigenvalue weighted by atomic mass is 16.5. The van der Waals surface area contributed by atoms with Crippen molar-refractivity contribution in [3.05, 3.63) is 71.8 Å². The molecule has 0 spiro atoms. The van der Waals surface area contributed by atoms with E-state index in [1.807, 2.05) is 30.3 Å². The number of hydrogen-bond acceptors (Lipinski definition) is 4. The van der Waals surface area contributed by atoms with E-state index in [0.29, 0.717) is 18.4 Å². The lowest BCUT2D eigenvalue weighted by Crippen LogP contribution is -2.43. The molecule has 5 nitrogen and oxygen atoms in total. The topological polar surface area (TPSA) is 75.6 Å². The number of esters is 1. The van der Waals surface area contributed by atoms with E-state index in [9.17, 15) is 14.7 Å². The summed E-state index contributed by atoms with van der Waals surface area (Å²) in [6, 6.07) is 17.7. The van der Waals surface area contributed by atoms with Gasteiger partial charge in [-0.3, -0.25) is 4.79 Å². The molecule has 2 aromatic carbocycles. The minimum absolute atomic E-state index is 0.439. The van der Waals surface area contributed by atoms with Crippen LogP contribution in [0.5, 0.6) is 0 Å². The van der Waals surface area contributed by atoms with Gasteiger partial charge < -0.3 is 15.2 Å². The minimum Gasteiger partial charge on any atom is -0.467 e. The third-order valence-electron chi connectivity index (χ3n) is 3.97. The second kappa shape index (κ2) is 9.59. The SMILES string of the molecule is COC(=O)[C@H](CCCc1ccccc1)NC(=O)[C@@H](O)c1ccccc1. The first kappa shape index (κ1) is 18.7. The van der Waals surface area contributed by atoms with Crippen LogP contribution in [0.2, 0.25) is 0 Å². The maximum absolute atomic E-state index is 12.2. The molecular weight excluding hydrogens is 318 g/mol. The molecule has 0 heterocycles. The Balaban J connectivity index is 1.93. The third kappa shape index (κ3) is 5.72. The highest BCUT2D eigenvalue weighted by Gasteiger charge is 2.25. The maximum atomic E-state index is 12.2. The number of aliphatic hydroxyl groups excluding tert-OH is 1. The van der Waals surface area contributed by atoms with Crippen molar-refractivity contribution in [3.8, 4) is 0 Å². The average molecular weight is 341 g/mol. The molecule has 0 aliphatic carbocycles. The molecule has 132 valence electrons. The molecule has 2 atom stereocenters. The molecule has 25 heavy (non-hydrogen) atoms. The van der Waals surface area contributed by atoms with Gasteiger partial charge in [-0.2, -0.15) is 0 Å². The van der Waals surface area contributed by atoms with E-state index in [1.54, 1.807) is 30.3 Å². The fourth-order valence-electron chi connectivity index (χ4n) is 2.58. The van der Waals surface area contributed by atoms with Gasteiger partial charge in [-0.15, -0.1) is 0 Å². The van der Waals surface area contributed by atoms with Crippen LogP contribution in [-0.4, -0.2) is 30.1 Å². The average Bonchev–Trinajstić information content (AvgIpc) is 2.67. The fraction of sp³-hybridized carbons (Fsp3) is 0.300. The van der Waals surface area contributed by atoms with Crippen LogP contribution in [0.1, 0.15) is 30.1 Å². The number of carbonyl (C=O) groups is 2. The summed E-state index contributed by atoms with van der Waals surface area (Å²) in [5.41, 5.74) is 1.65. The number of rotatable bonds is 8. The monoisotopic (exact) mass is 341 g/mol. The number of benzene rings is 2. The summed E-state index contributed by atoms with van der Waals surface area (Å²) in [5, 5.41) is 12.7. The van der Waals surface area contributed by atoms with Crippen molar-refractivity contribution in [1.29, 1.82) is 0 Å². The van der Waals surface area contributed by atoms with Gasteiger partial charge >= 0.3 is 5.97 Å². The second-order valence-corrected chi connectivity index (χ2v) is 5.78. The van der Waals surface area contributed by atoms with Gasteiger partial charge in [0.1, 0.15) is 6.04 Å². The Bertz CT molecular complexity index is 673. The largest absolute Gasteiger partial charge is 0.467 e. The van der Waals surface area contributed by atoms with E-state index in [-0.39, 0.29) is 0 Å². The number of carbonyl (C=O) groups excluding carboxylic acids is 2. The van der Waals surface area contributed by atoms with E-state index in [0.717, 1.165) is 6.42 Å². The lowest BCUT2D eigenvalue weighted by atomic mass is 10.0. The van der Waals surface area contributed by atoms with Crippen molar-refractivity contribution in [2.24, 2.45) is 0 Å². The first-order chi connectivity index (χ1) is 12.1. The van der Waals surface area contributed by atoms with Crippen LogP contribution in [0.15, 0.2) is 60.7 Å². The van der Waals surface area contributed by atoms with Gasteiger partial charge in [-0.05, 0) is 30.4 Å². The lowest BCUT2D eigenvalue weighted by molar-refractivity contribution is -0.146. The third-order valence-corrected chi connectivity index (χ3v) is 3.97. The van der Waals surface area contributed by atoms with Crippen LogP contribution in [0.4, 0.5) is 0 Å². The Hall–Kier alpha value is -2.66. The van der Waals surface area contributed by atoms with E-state index in [2.05, 4.69) is 5.32 Å². The van der Waals surface area contributed by atoms with E-state index < -0.39 is 24.0 Å². The van der Waals surface area contributed by atoms with Crippen molar-refractivity contribution in [3.63, 3.8) is 0 Å². The molecule has 0 bridgehead atoms. The number of methoxy groups -OCH3 is 1. The molecule has 0 saturated heterocycles. The number of hydrogen-bond donors (Lipinski definition) is 2. The Morgan fingerprint density at radius 2 is 1.64 bits per heavy atom. The Kier molecular flexibility index (Phi) is 7.16. The molecule has 2 N–H and O–H groups in total. The van der Waals surface area contributed by atoms with Gasteiger partial charge in [0, 0.05) is 0 Å². The lowest BCUT2D eigenvalue weighted by Gasteiger charge is -2.19. The van der Waals surface area contributed by atoms with Crippen LogP contribution in [0, 0.1) is 0 Å². The molecular formula is C20H23NO4. The van der Waals surface area contributed by atoms with E-state index in [4.69, 9.17) is 4.74 Å². The summed E-state index contributed by atoms with van der Waals surface area (Å²) < 4.78 is 4.77. The first-order valence-corrected chi connectivity index (χ1v) is 8.27. The molecule has 0 aromatic heterocycles. The summed E-state index contributed by atoms with van der Waals surface area (Å²) in [6.07, 6.45) is 0.633. The van der Waals surface area contributed by atoms with Crippen molar-refractivity contribution >= 4 is 11.9 Å². The smallest absolute Gasteiger partial charge is 0.328 e. The number of ether oxygens (including phenoxy) is 1. The summed E-state index contributed by atoms with van der Waals surface area (Å²) >= 11 is 0. The molecule has 0 aliphatic rings. The second-order valence-electron chi connectivity index (χ2n) is 5.78.